The average molecular weight is 146 g/mol. The molecular weight excluding hydrogens is 126 g/mol. The van der Waals surface area contributed by atoms with Crippen molar-refractivity contribution < 1.29 is 10.0 Å². The Morgan fingerprint density at radius 3 is 2.40 bits per heavy atom. The second-order valence-electron chi connectivity index (χ2n) is 2.89. The first-order valence-electron chi connectivity index (χ1n) is 4.23. The molecule has 2 nitrogen and oxygen atoms in total. The summed E-state index contributed by atoms with van der Waals surface area (Å²) in [5, 5.41) is 8.57. The Morgan fingerprint density at radius 1 is 1.20 bits per heavy atom. The molecule has 0 aromatic carbocycles. The summed E-state index contributed by atoms with van der Waals surface area (Å²) in [6.07, 6.45) is 3.90. The van der Waals surface area contributed by atoms with Gasteiger partial charge in [0.05, 0.1) is 20.2 Å². The van der Waals surface area contributed by atoms with Crippen molar-refractivity contribution >= 4 is 0 Å². The number of nitrogens with one attached hydrogen (secondary N) is 1. The lowest BCUT2D eigenvalue weighted by Gasteiger charge is -2.11. The molecule has 1 unspecified atom stereocenters. The van der Waals surface area contributed by atoms with Gasteiger partial charge in [-0.15, -0.1) is 0 Å². The summed E-state index contributed by atoms with van der Waals surface area (Å²) < 4.78 is 0. The topological polar surface area (TPSA) is 24.7 Å². The van der Waals surface area contributed by atoms with E-state index in [4.69, 9.17) is 5.11 Å². The number of hydrogen-bond donors (Lipinski definition) is 2. The smallest absolute Gasteiger partial charge is 0.100 e. The van der Waals surface area contributed by atoms with Crippen molar-refractivity contribution in [1.82, 2.24) is 0 Å². The molecule has 0 aliphatic carbocycles. The van der Waals surface area contributed by atoms with Crippen LogP contribution in [0.25, 0.3) is 0 Å². The first-order chi connectivity index (χ1) is 4.81. The Balaban J connectivity index is 2.97. The van der Waals surface area contributed by atoms with Crippen LogP contribution >= 0.6 is 0 Å². The van der Waals surface area contributed by atoms with Gasteiger partial charge in [-0.05, 0) is 12.8 Å². The van der Waals surface area contributed by atoms with Crippen LogP contribution in [0, 0.1) is 0 Å². The van der Waals surface area contributed by atoms with E-state index < -0.39 is 0 Å². The quantitative estimate of drug-likeness (QED) is 0.493. The van der Waals surface area contributed by atoms with E-state index in [-0.39, 0.29) is 0 Å². The van der Waals surface area contributed by atoms with E-state index in [0.29, 0.717) is 6.61 Å². The van der Waals surface area contributed by atoms with Gasteiger partial charge < -0.3 is 10.0 Å². The van der Waals surface area contributed by atoms with Gasteiger partial charge in [0.2, 0.25) is 0 Å². The van der Waals surface area contributed by atoms with Gasteiger partial charge in [0.1, 0.15) is 6.54 Å². The van der Waals surface area contributed by atoms with Crippen LogP contribution in [0.15, 0.2) is 0 Å². The normalized spacial score (nSPS) is 13.5. The molecule has 0 bridgehead atoms. The van der Waals surface area contributed by atoms with E-state index in [1.54, 1.807) is 0 Å². The zero-order chi connectivity index (χ0) is 7.82. The van der Waals surface area contributed by atoms with Gasteiger partial charge in [0.15, 0.2) is 0 Å². The summed E-state index contributed by atoms with van der Waals surface area (Å²) in [6, 6.07) is 0. The van der Waals surface area contributed by atoms with Gasteiger partial charge in [-0.1, -0.05) is 13.3 Å². The molecule has 62 valence electrons. The molecule has 0 radical (unpaired) electrons. The molecule has 2 N–H and O–H groups in total. The van der Waals surface area contributed by atoms with Crippen molar-refractivity contribution in [1.29, 1.82) is 0 Å². The standard InChI is InChI=1S/C8H19NO/c1-3-4-5-6-9(2)7-8-10/h10H,3-8H2,1-2H3/p+1. The van der Waals surface area contributed by atoms with E-state index in [1.165, 1.54) is 30.7 Å². The van der Waals surface area contributed by atoms with Gasteiger partial charge in [0, 0.05) is 0 Å². The number of aliphatic hydroxyl groups is 1. The number of rotatable bonds is 6. The molecular formula is C8H20NO+. The molecule has 0 saturated heterocycles. The third-order valence-corrected chi connectivity index (χ3v) is 1.75. The first kappa shape index (κ1) is 9.92. The Labute approximate surface area is 63.8 Å². The number of hydrogen-bond acceptors (Lipinski definition) is 1. The van der Waals surface area contributed by atoms with E-state index in [9.17, 15) is 0 Å². The molecule has 0 aromatic rings. The maximum atomic E-state index is 8.57. The molecule has 10 heavy (non-hydrogen) atoms. The van der Waals surface area contributed by atoms with Crippen LogP contribution in [0.4, 0.5) is 0 Å². The second kappa shape index (κ2) is 7.03. The van der Waals surface area contributed by atoms with Crippen molar-refractivity contribution in [2.45, 2.75) is 26.2 Å². The highest BCUT2D eigenvalue weighted by atomic mass is 16.3. The Kier molecular flexibility index (Phi) is 6.98. The highest BCUT2D eigenvalue weighted by Gasteiger charge is 1.97. The molecule has 2 heteroatoms. The van der Waals surface area contributed by atoms with Crippen LogP contribution in [0.5, 0.6) is 0 Å². The van der Waals surface area contributed by atoms with Crippen LogP contribution < -0.4 is 4.90 Å². The van der Waals surface area contributed by atoms with Gasteiger partial charge in [0.25, 0.3) is 0 Å². The summed E-state index contributed by atoms with van der Waals surface area (Å²) in [7, 11) is 2.13. The molecule has 0 rings (SSSR count). The van der Waals surface area contributed by atoms with E-state index in [1.807, 2.05) is 0 Å². The number of aliphatic hydroxyl groups excluding tert-OH is 1. The van der Waals surface area contributed by atoms with Crippen LogP contribution in [-0.2, 0) is 0 Å². The highest BCUT2D eigenvalue weighted by Crippen LogP contribution is 1.88. The molecule has 0 spiro atoms. The van der Waals surface area contributed by atoms with Gasteiger partial charge in [-0.3, -0.25) is 0 Å². The fourth-order valence-electron chi connectivity index (χ4n) is 0.993. The lowest BCUT2D eigenvalue weighted by molar-refractivity contribution is -0.880. The molecule has 0 aliphatic rings. The average Bonchev–Trinajstić information content (AvgIpc) is 1.89. The zero-order valence-corrected chi connectivity index (χ0v) is 7.19. The van der Waals surface area contributed by atoms with E-state index >= 15 is 0 Å². The predicted octanol–water partition coefficient (Wildman–Crippen LogP) is -0.316. The first-order valence-corrected chi connectivity index (χ1v) is 4.23. The second-order valence-corrected chi connectivity index (χ2v) is 2.89. The molecule has 0 amide bonds. The third-order valence-electron chi connectivity index (χ3n) is 1.75. The SMILES string of the molecule is CCCCC[NH+](C)CCO. The number of quaternary nitrogens is 1. The van der Waals surface area contributed by atoms with E-state index in [2.05, 4.69) is 14.0 Å². The van der Waals surface area contributed by atoms with Crippen LogP contribution in [0.2, 0.25) is 0 Å². The van der Waals surface area contributed by atoms with Gasteiger partial charge in [-0.25, -0.2) is 0 Å². The van der Waals surface area contributed by atoms with Crippen LogP contribution in [0.1, 0.15) is 26.2 Å². The highest BCUT2D eigenvalue weighted by molar-refractivity contribution is 4.33. The molecule has 0 heterocycles. The molecule has 0 saturated carbocycles. The maximum absolute atomic E-state index is 8.57. The van der Waals surface area contributed by atoms with Crippen molar-refractivity contribution in [3.05, 3.63) is 0 Å². The Bertz CT molecular complexity index is 66.3. The minimum absolute atomic E-state index is 0.317. The molecule has 1 atom stereocenters. The zero-order valence-electron chi connectivity index (χ0n) is 7.19. The van der Waals surface area contributed by atoms with Crippen LogP contribution in [0.3, 0.4) is 0 Å². The van der Waals surface area contributed by atoms with Crippen molar-refractivity contribution in [2.24, 2.45) is 0 Å². The van der Waals surface area contributed by atoms with Gasteiger partial charge >= 0.3 is 0 Å². The fourth-order valence-corrected chi connectivity index (χ4v) is 0.993. The third kappa shape index (κ3) is 6.05. The molecule has 0 aromatic heterocycles. The Morgan fingerprint density at radius 2 is 1.90 bits per heavy atom. The summed E-state index contributed by atoms with van der Waals surface area (Å²) in [5.41, 5.74) is 0. The summed E-state index contributed by atoms with van der Waals surface area (Å²) in [6.45, 7) is 4.62. The summed E-state index contributed by atoms with van der Waals surface area (Å²) in [4.78, 5) is 1.44. The predicted molar refractivity (Wildman–Crippen MR) is 43.2 cm³/mol. The van der Waals surface area contributed by atoms with Crippen molar-refractivity contribution in [2.75, 3.05) is 26.7 Å². The monoisotopic (exact) mass is 146 g/mol. The minimum Gasteiger partial charge on any atom is -0.391 e. The van der Waals surface area contributed by atoms with Crippen molar-refractivity contribution in [3.8, 4) is 0 Å². The van der Waals surface area contributed by atoms with Crippen molar-refractivity contribution in [3.63, 3.8) is 0 Å². The van der Waals surface area contributed by atoms with Gasteiger partial charge in [-0.2, -0.15) is 0 Å². The lowest BCUT2D eigenvalue weighted by atomic mass is 10.2. The number of likely N-dealkylation sites (N-methyl/N-ethyl adjacent to an activating group) is 1. The maximum Gasteiger partial charge on any atom is 0.100 e. The minimum atomic E-state index is 0.317. The van der Waals surface area contributed by atoms with Crippen LogP contribution in [-0.4, -0.2) is 31.9 Å². The molecule has 0 fully saturated rings. The molecule has 0 aliphatic heterocycles. The largest absolute Gasteiger partial charge is 0.391 e. The number of unbranched alkanes of at least 4 members (excludes halogenated alkanes) is 2. The Hall–Kier alpha value is -0.0800. The summed E-state index contributed by atoms with van der Waals surface area (Å²) in [5.74, 6) is 0. The van der Waals surface area contributed by atoms with E-state index in [0.717, 1.165) is 6.54 Å². The fraction of sp³-hybridized carbons (Fsp3) is 1.00. The summed E-state index contributed by atoms with van der Waals surface area (Å²) >= 11 is 0. The lowest BCUT2D eigenvalue weighted by Crippen LogP contribution is -3.09.